The van der Waals surface area contributed by atoms with Crippen LogP contribution in [0.2, 0.25) is 10.0 Å². The molecule has 3 aromatic carbocycles. The van der Waals surface area contributed by atoms with Gasteiger partial charge in [-0.1, -0.05) is 59.6 Å². The molecular formula is C28H26Cl2N2O7S. The second-order valence-electron chi connectivity index (χ2n) is 9.24. The molecule has 1 aliphatic rings. The van der Waals surface area contributed by atoms with Gasteiger partial charge >= 0.3 is 5.97 Å². The summed E-state index contributed by atoms with van der Waals surface area (Å²) in [5.74, 6) is -2.72. The summed E-state index contributed by atoms with van der Waals surface area (Å²) in [6, 6.07) is 17.2. The Labute approximate surface area is 241 Å². The summed E-state index contributed by atoms with van der Waals surface area (Å²) in [7, 11) is -4.16. The van der Waals surface area contributed by atoms with Crippen molar-refractivity contribution in [3.8, 4) is 0 Å². The van der Waals surface area contributed by atoms with E-state index >= 15 is 0 Å². The van der Waals surface area contributed by atoms with E-state index in [0.717, 1.165) is 0 Å². The first-order chi connectivity index (χ1) is 19.0. The van der Waals surface area contributed by atoms with E-state index in [2.05, 4.69) is 10.6 Å². The smallest absolute Gasteiger partial charge is 0.326 e. The molecule has 0 unspecified atom stereocenters. The summed E-state index contributed by atoms with van der Waals surface area (Å²) < 4.78 is 30.7. The van der Waals surface area contributed by atoms with Crippen molar-refractivity contribution in [1.82, 2.24) is 5.32 Å². The quantitative estimate of drug-likeness (QED) is 0.329. The molecule has 2 amide bonds. The summed E-state index contributed by atoms with van der Waals surface area (Å²) in [5.41, 5.74) is 1.07. The lowest BCUT2D eigenvalue weighted by Crippen LogP contribution is -2.58. The van der Waals surface area contributed by atoms with Gasteiger partial charge in [0.25, 0.3) is 5.91 Å². The Bertz CT molecular complexity index is 1490. The maximum Gasteiger partial charge on any atom is 0.326 e. The maximum atomic E-state index is 13.6. The number of sulfone groups is 1. The zero-order valence-corrected chi connectivity index (χ0v) is 23.4. The van der Waals surface area contributed by atoms with E-state index < -0.39 is 38.4 Å². The van der Waals surface area contributed by atoms with Gasteiger partial charge < -0.3 is 20.5 Å². The van der Waals surface area contributed by atoms with Gasteiger partial charge in [0.2, 0.25) is 5.91 Å². The van der Waals surface area contributed by atoms with Gasteiger partial charge in [0.05, 0.1) is 20.5 Å². The number of amides is 2. The standard InChI is InChI=1S/C28H26Cl2N2O7S/c29-21-7-4-8-22(30)24(21)25(33)31-19-11-9-18(10-12-19)17-23(26(34)35)32-27(36)28(13-15-39-16-14-28)40(37,38)20-5-2-1-3-6-20/h1-12,23H,13-17H2,(H,31,33)(H,32,36)(H,34,35)/t23-/m0/s1. The fourth-order valence-corrected chi connectivity index (χ4v) is 7.05. The maximum absolute atomic E-state index is 13.6. The predicted molar refractivity (Wildman–Crippen MR) is 151 cm³/mol. The zero-order chi connectivity index (χ0) is 28.9. The molecule has 0 bridgehead atoms. The van der Waals surface area contributed by atoms with Crippen molar-refractivity contribution in [3.05, 3.63) is 94.0 Å². The molecule has 210 valence electrons. The fraction of sp³-hybridized carbons (Fsp3) is 0.250. The van der Waals surface area contributed by atoms with Gasteiger partial charge in [-0.25, -0.2) is 13.2 Å². The van der Waals surface area contributed by atoms with Crippen LogP contribution in [0.4, 0.5) is 5.69 Å². The van der Waals surface area contributed by atoms with Crippen molar-refractivity contribution in [1.29, 1.82) is 0 Å². The number of nitrogens with one attached hydrogen (secondary N) is 2. The van der Waals surface area contributed by atoms with Crippen LogP contribution in [-0.2, 0) is 30.6 Å². The summed E-state index contributed by atoms with van der Waals surface area (Å²) >= 11 is 12.2. The number of carbonyl (C=O) groups is 3. The number of carbonyl (C=O) groups excluding carboxylic acids is 2. The van der Waals surface area contributed by atoms with Crippen LogP contribution in [-0.4, -0.2) is 55.3 Å². The topological polar surface area (TPSA) is 139 Å². The SMILES string of the molecule is O=C(Nc1ccc(C[C@H](NC(=O)C2(S(=O)(=O)c3ccccc3)CCOCC2)C(=O)O)cc1)c1c(Cl)cccc1Cl. The number of halogens is 2. The molecule has 1 saturated heterocycles. The van der Waals surface area contributed by atoms with Gasteiger partial charge in [0.1, 0.15) is 6.04 Å². The number of benzene rings is 3. The minimum atomic E-state index is -4.16. The van der Waals surface area contributed by atoms with E-state index in [9.17, 15) is 27.9 Å². The first-order valence-corrected chi connectivity index (χ1v) is 14.5. The van der Waals surface area contributed by atoms with E-state index in [1.54, 1.807) is 60.7 Å². The van der Waals surface area contributed by atoms with Crippen LogP contribution >= 0.6 is 23.2 Å². The molecule has 0 saturated carbocycles. The van der Waals surface area contributed by atoms with Gasteiger partial charge in [-0.15, -0.1) is 0 Å². The summed E-state index contributed by atoms with van der Waals surface area (Å²) in [6.07, 6.45) is -0.331. The van der Waals surface area contributed by atoms with Crippen LogP contribution < -0.4 is 10.6 Å². The average molecular weight is 605 g/mol. The van der Waals surface area contributed by atoms with Gasteiger partial charge in [-0.05, 0) is 54.8 Å². The van der Waals surface area contributed by atoms with Crippen molar-refractivity contribution in [3.63, 3.8) is 0 Å². The molecule has 40 heavy (non-hydrogen) atoms. The highest BCUT2D eigenvalue weighted by molar-refractivity contribution is 7.93. The molecule has 1 fully saturated rings. The zero-order valence-electron chi connectivity index (χ0n) is 21.1. The number of aliphatic carboxylic acids is 1. The van der Waals surface area contributed by atoms with Crippen LogP contribution in [0.1, 0.15) is 28.8 Å². The summed E-state index contributed by atoms with van der Waals surface area (Å²) in [6.45, 7) is 0.0909. The average Bonchev–Trinajstić information content (AvgIpc) is 2.94. The highest BCUT2D eigenvalue weighted by Crippen LogP contribution is 2.35. The fourth-order valence-electron chi connectivity index (χ4n) is 4.50. The van der Waals surface area contributed by atoms with Crippen molar-refractivity contribution in [2.75, 3.05) is 18.5 Å². The molecule has 0 radical (unpaired) electrons. The molecule has 4 rings (SSSR count). The Hall–Kier alpha value is -3.44. The van der Waals surface area contributed by atoms with Crippen LogP contribution in [0.15, 0.2) is 77.7 Å². The van der Waals surface area contributed by atoms with Gasteiger partial charge in [0, 0.05) is 25.3 Å². The van der Waals surface area contributed by atoms with Crippen molar-refractivity contribution in [2.24, 2.45) is 0 Å². The minimum Gasteiger partial charge on any atom is -0.480 e. The second kappa shape index (κ2) is 12.4. The second-order valence-corrected chi connectivity index (χ2v) is 12.3. The van der Waals surface area contributed by atoms with Crippen molar-refractivity contribution in [2.45, 2.75) is 34.9 Å². The predicted octanol–water partition coefficient (Wildman–Crippen LogP) is 4.38. The Morgan fingerprint density at radius 2 is 1.50 bits per heavy atom. The molecule has 0 spiro atoms. The molecular weight excluding hydrogens is 579 g/mol. The Balaban J connectivity index is 1.50. The van der Waals surface area contributed by atoms with Crippen molar-refractivity contribution < 1.29 is 32.6 Å². The van der Waals surface area contributed by atoms with E-state index in [1.165, 1.54) is 12.1 Å². The normalized spacial score (nSPS) is 15.6. The summed E-state index contributed by atoms with van der Waals surface area (Å²) in [5, 5.41) is 15.4. The van der Waals surface area contributed by atoms with Crippen LogP contribution in [0, 0.1) is 0 Å². The molecule has 1 atom stereocenters. The number of hydrogen-bond donors (Lipinski definition) is 3. The van der Waals surface area contributed by atoms with Crippen LogP contribution in [0.3, 0.4) is 0 Å². The number of carboxylic acids is 1. The highest BCUT2D eigenvalue weighted by Gasteiger charge is 2.52. The third-order valence-corrected chi connectivity index (χ3v) is 9.87. The Kier molecular flexibility index (Phi) is 9.15. The van der Waals surface area contributed by atoms with E-state index in [-0.39, 0.29) is 53.0 Å². The lowest BCUT2D eigenvalue weighted by molar-refractivity contribution is -0.142. The number of hydrogen-bond acceptors (Lipinski definition) is 6. The highest BCUT2D eigenvalue weighted by atomic mass is 35.5. The largest absolute Gasteiger partial charge is 0.480 e. The number of rotatable bonds is 9. The molecule has 3 aromatic rings. The van der Waals surface area contributed by atoms with E-state index in [1.807, 2.05) is 0 Å². The first kappa shape index (κ1) is 29.5. The van der Waals surface area contributed by atoms with Gasteiger partial charge in [0.15, 0.2) is 14.6 Å². The van der Waals surface area contributed by atoms with E-state index in [0.29, 0.717) is 11.3 Å². The van der Waals surface area contributed by atoms with Crippen LogP contribution in [0.25, 0.3) is 0 Å². The van der Waals surface area contributed by atoms with Crippen LogP contribution in [0.5, 0.6) is 0 Å². The molecule has 12 heteroatoms. The Morgan fingerprint density at radius 3 is 2.08 bits per heavy atom. The molecule has 3 N–H and O–H groups in total. The molecule has 1 heterocycles. The summed E-state index contributed by atoms with van der Waals surface area (Å²) in [4.78, 5) is 38.3. The lowest BCUT2D eigenvalue weighted by atomic mass is 9.96. The molecule has 9 nitrogen and oxygen atoms in total. The lowest BCUT2D eigenvalue weighted by Gasteiger charge is -2.36. The number of carboxylic acid groups (broad SMARTS) is 1. The number of anilines is 1. The minimum absolute atomic E-state index is 0.0189. The van der Waals surface area contributed by atoms with Gasteiger partial charge in [-0.3, -0.25) is 9.59 Å². The Morgan fingerprint density at radius 1 is 0.900 bits per heavy atom. The first-order valence-electron chi connectivity index (χ1n) is 12.3. The third-order valence-electron chi connectivity index (χ3n) is 6.73. The monoisotopic (exact) mass is 604 g/mol. The molecule has 1 aliphatic heterocycles. The third kappa shape index (κ3) is 6.15. The van der Waals surface area contributed by atoms with E-state index in [4.69, 9.17) is 27.9 Å². The van der Waals surface area contributed by atoms with Crippen molar-refractivity contribution >= 4 is 56.5 Å². The van der Waals surface area contributed by atoms with Gasteiger partial charge in [-0.2, -0.15) is 0 Å². The molecule has 0 aromatic heterocycles. The molecule has 0 aliphatic carbocycles. The number of ether oxygens (including phenoxy) is 1.